The number of anilines is 1. The summed E-state index contributed by atoms with van der Waals surface area (Å²) in [6.45, 7) is 2.68. The molecular formula is C26H31N3O4S. The lowest BCUT2D eigenvalue weighted by atomic mass is 10.1. The second-order valence-electron chi connectivity index (χ2n) is 8.71. The fraction of sp³-hybridized carbons (Fsp3) is 0.385. The number of amides is 2. The van der Waals surface area contributed by atoms with E-state index in [-0.39, 0.29) is 17.6 Å². The summed E-state index contributed by atoms with van der Waals surface area (Å²) in [4.78, 5) is 28.7. The highest BCUT2D eigenvalue weighted by molar-refractivity contribution is 7.93. The molecule has 2 fully saturated rings. The summed E-state index contributed by atoms with van der Waals surface area (Å²) >= 11 is 0. The third kappa shape index (κ3) is 6.05. The van der Waals surface area contributed by atoms with Gasteiger partial charge in [-0.25, -0.2) is 8.42 Å². The van der Waals surface area contributed by atoms with Crippen molar-refractivity contribution in [2.45, 2.75) is 25.7 Å². The van der Waals surface area contributed by atoms with Gasteiger partial charge in [-0.2, -0.15) is 0 Å². The molecule has 0 aromatic heterocycles. The van der Waals surface area contributed by atoms with E-state index in [1.807, 2.05) is 35.2 Å². The lowest BCUT2D eigenvalue weighted by molar-refractivity contribution is -0.137. The smallest absolute Gasteiger partial charge is 0.246 e. The van der Waals surface area contributed by atoms with Gasteiger partial charge in [-0.1, -0.05) is 42.5 Å². The van der Waals surface area contributed by atoms with Gasteiger partial charge in [-0.15, -0.1) is 0 Å². The van der Waals surface area contributed by atoms with Crippen molar-refractivity contribution < 1.29 is 18.0 Å². The summed E-state index contributed by atoms with van der Waals surface area (Å²) in [7, 11) is -3.20. The van der Waals surface area contributed by atoms with E-state index in [2.05, 4.69) is 12.1 Å². The minimum atomic E-state index is -3.20. The Bertz CT molecular complexity index is 1120. The molecular weight excluding hydrogens is 450 g/mol. The first-order valence-electron chi connectivity index (χ1n) is 11.8. The number of aryl methyl sites for hydroxylation is 1. The van der Waals surface area contributed by atoms with Gasteiger partial charge in [0.15, 0.2) is 0 Å². The van der Waals surface area contributed by atoms with Gasteiger partial charge in [0, 0.05) is 45.2 Å². The molecule has 0 saturated carbocycles. The van der Waals surface area contributed by atoms with Crippen LogP contribution in [-0.2, 0) is 26.0 Å². The van der Waals surface area contributed by atoms with E-state index < -0.39 is 10.0 Å². The molecule has 2 heterocycles. The van der Waals surface area contributed by atoms with Crippen molar-refractivity contribution in [3.8, 4) is 0 Å². The predicted molar refractivity (Wildman–Crippen MR) is 134 cm³/mol. The van der Waals surface area contributed by atoms with Crippen LogP contribution in [-0.4, -0.2) is 68.5 Å². The lowest BCUT2D eigenvalue weighted by Crippen LogP contribution is -2.50. The molecule has 34 heavy (non-hydrogen) atoms. The van der Waals surface area contributed by atoms with Crippen LogP contribution >= 0.6 is 0 Å². The molecule has 8 heteroatoms. The molecule has 0 bridgehead atoms. The van der Waals surface area contributed by atoms with E-state index in [1.165, 1.54) is 9.87 Å². The van der Waals surface area contributed by atoms with Gasteiger partial charge in [-0.3, -0.25) is 13.9 Å². The lowest BCUT2D eigenvalue weighted by Gasteiger charge is -2.34. The number of sulfonamides is 1. The predicted octanol–water partition coefficient (Wildman–Crippen LogP) is 2.93. The Morgan fingerprint density at radius 1 is 0.853 bits per heavy atom. The molecule has 2 aliphatic rings. The van der Waals surface area contributed by atoms with Crippen LogP contribution in [0.2, 0.25) is 0 Å². The van der Waals surface area contributed by atoms with E-state index in [0.29, 0.717) is 51.3 Å². The monoisotopic (exact) mass is 481 g/mol. The highest BCUT2D eigenvalue weighted by atomic mass is 32.2. The van der Waals surface area contributed by atoms with Gasteiger partial charge in [0.05, 0.1) is 11.4 Å². The van der Waals surface area contributed by atoms with Gasteiger partial charge in [-0.05, 0) is 48.6 Å². The maximum absolute atomic E-state index is 12.6. The fourth-order valence-electron chi connectivity index (χ4n) is 4.38. The zero-order valence-electron chi connectivity index (χ0n) is 19.3. The number of rotatable bonds is 7. The molecule has 4 rings (SSSR count). The Morgan fingerprint density at radius 2 is 1.53 bits per heavy atom. The van der Waals surface area contributed by atoms with Crippen molar-refractivity contribution in [1.82, 2.24) is 9.80 Å². The first-order valence-corrected chi connectivity index (χ1v) is 13.4. The van der Waals surface area contributed by atoms with Crippen molar-refractivity contribution in [1.29, 1.82) is 0 Å². The van der Waals surface area contributed by atoms with Crippen molar-refractivity contribution in [2.75, 3.05) is 42.8 Å². The summed E-state index contributed by atoms with van der Waals surface area (Å²) in [5.74, 6) is 0.261. The van der Waals surface area contributed by atoms with Crippen molar-refractivity contribution in [3.63, 3.8) is 0 Å². The first-order chi connectivity index (χ1) is 16.4. The molecule has 2 aliphatic heterocycles. The van der Waals surface area contributed by atoms with E-state index >= 15 is 0 Å². The molecule has 0 radical (unpaired) electrons. The zero-order valence-corrected chi connectivity index (χ0v) is 20.1. The molecule has 2 aromatic rings. The summed E-state index contributed by atoms with van der Waals surface area (Å²) in [5.41, 5.74) is 2.74. The SMILES string of the molecule is O=C(/C=C/c1ccc(N2CCCS2(=O)=O)cc1)N1CCN(C(=O)CCCc2ccccc2)CC1. The molecule has 0 N–H and O–H groups in total. The normalized spacial score (nSPS) is 17.9. The van der Waals surface area contributed by atoms with Gasteiger partial charge >= 0.3 is 0 Å². The molecule has 0 aliphatic carbocycles. The van der Waals surface area contributed by atoms with E-state index in [0.717, 1.165) is 18.4 Å². The van der Waals surface area contributed by atoms with Crippen LogP contribution in [0.3, 0.4) is 0 Å². The number of nitrogens with zero attached hydrogens (tertiary/aromatic N) is 3. The van der Waals surface area contributed by atoms with Crippen LogP contribution in [0.5, 0.6) is 0 Å². The van der Waals surface area contributed by atoms with Crippen LogP contribution in [0, 0.1) is 0 Å². The Hall–Kier alpha value is -3.13. The Kier molecular flexibility index (Phi) is 7.67. The Labute approximate surface area is 201 Å². The molecule has 2 aromatic carbocycles. The Morgan fingerprint density at radius 3 is 2.18 bits per heavy atom. The maximum Gasteiger partial charge on any atom is 0.246 e. The van der Waals surface area contributed by atoms with E-state index in [1.54, 1.807) is 29.2 Å². The molecule has 0 spiro atoms. The van der Waals surface area contributed by atoms with Crippen LogP contribution < -0.4 is 4.31 Å². The second kappa shape index (κ2) is 10.9. The highest BCUT2D eigenvalue weighted by Crippen LogP contribution is 2.24. The standard InChI is InChI=1S/C26H31N3O4S/c30-25(9-4-8-22-6-2-1-3-7-22)27-17-19-28(20-18-27)26(31)15-12-23-10-13-24(14-11-23)29-16-5-21-34(29,32)33/h1-3,6-7,10-15H,4-5,8-9,16-21H2/b15-12+. The van der Waals surface area contributed by atoms with Crippen molar-refractivity contribution in [3.05, 3.63) is 71.8 Å². The number of piperazine rings is 1. The quantitative estimate of drug-likeness (QED) is 0.570. The van der Waals surface area contributed by atoms with Crippen LogP contribution in [0.1, 0.15) is 30.4 Å². The van der Waals surface area contributed by atoms with Gasteiger partial charge in [0.25, 0.3) is 0 Å². The first kappa shape index (κ1) is 24.0. The minimum absolute atomic E-state index is 0.0811. The number of carbonyl (C=O) groups is 2. The second-order valence-corrected chi connectivity index (χ2v) is 10.7. The third-order valence-corrected chi connectivity index (χ3v) is 8.21. The molecule has 0 unspecified atom stereocenters. The largest absolute Gasteiger partial charge is 0.339 e. The molecule has 7 nitrogen and oxygen atoms in total. The maximum atomic E-state index is 12.6. The van der Waals surface area contributed by atoms with Crippen LogP contribution in [0.15, 0.2) is 60.7 Å². The number of benzene rings is 2. The fourth-order valence-corrected chi connectivity index (χ4v) is 5.94. The van der Waals surface area contributed by atoms with Crippen LogP contribution in [0.4, 0.5) is 5.69 Å². The molecule has 0 atom stereocenters. The summed E-state index contributed by atoms with van der Waals surface area (Å²) in [6.07, 6.45) is 6.17. The van der Waals surface area contributed by atoms with Gasteiger partial charge in [0.1, 0.15) is 0 Å². The number of hydrogen-bond acceptors (Lipinski definition) is 4. The topological polar surface area (TPSA) is 78.0 Å². The number of carbonyl (C=O) groups excluding carboxylic acids is 2. The van der Waals surface area contributed by atoms with E-state index in [4.69, 9.17) is 0 Å². The van der Waals surface area contributed by atoms with Crippen molar-refractivity contribution in [2.24, 2.45) is 0 Å². The molecule has 2 saturated heterocycles. The summed E-state index contributed by atoms with van der Waals surface area (Å²) in [6, 6.07) is 17.4. The average molecular weight is 482 g/mol. The molecule has 2 amide bonds. The highest BCUT2D eigenvalue weighted by Gasteiger charge is 2.28. The molecule has 180 valence electrons. The minimum Gasteiger partial charge on any atom is -0.339 e. The van der Waals surface area contributed by atoms with E-state index in [9.17, 15) is 18.0 Å². The van der Waals surface area contributed by atoms with Gasteiger partial charge < -0.3 is 9.80 Å². The number of hydrogen-bond donors (Lipinski definition) is 0. The third-order valence-electron chi connectivity index (χ3n) is 6.34. The van der Waals surface area contributed by atoms with Gasteiger partial charge in [0.2, 0.25) is 21.8 Å². The zero-order chi connectivity index (χ0) is 24.0. The average Bonchev–Trinajstić information content (AvgIpc) is 3.22. The van der Waals surface area contributed by atoms with Crippen LogP contribution in [0.25, 0.3) is 6.08 Å². The van der Waals surface area contributed by atoms with Crippen molar-refractivity contribution >= 4 is 33.6 Å². The Balaban J connectivity index is 1.21. The summed E-state index contributed by atoms with van der Waals surface area (Å²) in [5, 5.41) is 0. The summed E-state index contributed by atoms with van der Waals surface area (Å²) < 4.78 is 25.5.